The maximum Gasteiger partial charge on any atom is 0.224 e. The van der Waals surface area contributed by atoms with Gasteiger partial charge in [0, 0.05) is 18.7 Å². The Bertz CT molecular complexity index is 363. The number of carbonyl (C=O) groups excluding carboxylic acids is 1. The molecule has 94 valence electrons. The molecule has 0 bridgehead atoms. The molecule has 1 aromatic rings. The first-order valence-corrected chi connectivity index (χ1v) is 6.19. The summed E-state index contributed by atoms with van der Waals surface area (Å²) in [5.41, 5.74) is 2.03. The fourth-order valence-corrected chi connectivity index (χ4v) is 1.65. The van der Waals surface area contributed by atoms with Gasteiger partial charge in [0.2, 0.25) is 5.91 Å². The number of hydrogen-bond donors (Lipinski definition) is 2. The molecule has 1 aromatic carbocycles. The number of anilines is 1. The van der Waals surface area contributed by atoms with Crippen molar-refractivity contribution in [2.75, 3.05) is 12.4 Å². The number of amides is 1. The van der Waals surface area contributed by atoms with E-state index in [0.717, 1.165) is 24.2 Å². The van der Waals surface area contributed by atoms with Crippen molar-refractivity contribution in [1.82, 2.24) is 5.32 Å². The Morgan fingerprint density at radius 3 is 2.71 bits per heavy atom. The van der Waals surface area contributed by atoms with Crippen LogP contribution in [0, 0.1) is 5.92 Å². The van der Waals surface area contributed by atoms with Crippen LogP contribution in [0.4, 0.5) is 5.69 Å². The third-order valence-corrected chi connectivity index (χ3v) is 2.89. The van der Waals surface area contributed by atoms with Crippen molar-refractivity contribution < 1.29 is 4.79 Å². The molecule has 2 N–H and O–H groups in total. The number of rotatable bonds is 6. The summed E-state index contributed by atoms with van der Waals surface area (Å²) < 4.78 is 0. The van der Waals surface area contributed by atoms with E-state index in [2.05, 4.69) is 24.5 Å². The highest BCUT2D eigenvalue weighted by atomic mass is 16.1. The van der Waals surface area contributed by atoms with Gasteiger partial charge in [-0.25, -0.2) is 0 Å². The number of benzene rings is 1. The summed E-state index contributed by atoms with van der Waals surface area (Å²) in [5, 5.41) is 6.08. The van der Waals surface area contributed by atoms with Crippen molar-refractivity contribution >= 4 is 11.6 Å². The molecule has 3 nitrogen and oxygen atoms in total. The van der Waals surface area contributed by atoms with Crippen LogP contribution in [0.5, 0.6) is 0 Å². The van der Waals surface area contributed by atoms with Gasteiger partial charge in [0.05, 0.1) is 0 Å². The van der Waals surface area contributed by atoms with Gasteiger partial charge in [-0.3, -0.25) is 4.79 Å². The Morgan fingerprint density at radius 2 is 2.06 bits per heavy atom. The summed E-state index contributed by atoms with van der Waals surface area (Å²) in [7, 11) is 1.90. The van der Waals surface area contributed by atoms with Crippen LogP contribution in [-0.4, -0.2) is 13.0 Å². The minimum Gasteiger partial charge on any atom is -0.326 e. The Balaban J connectivity index is 2.64. The lowest BCUT2D eigenvalue weighted by atomic mass is 10.0. The van der Waals surface area contributed by atoms with Crippen LogP contribution < -0.4 is 10.6 Å². The van der Waals surface area contributed by atoms with Gasteiger partial charge in [-0.1, -0.05) is 38.5 Å². The largest absolute Gasteiger partial charge is 0.326 e. The summed E-state index contributed by atoms with van der Waals surface area (Å²) in [6, 6.07) is 7.89. The van der Waals surface area contributed by atoms with Crippen molar-refractivity contribution in [3.63, 3.8) is 0 Å². The molecule has 0 spiro atoms. The number of hydrogen-bond acceptors (Lipinski definition) is 2. The quantitative estimate of drug-likeness (QED) is 0.794. The van der Waals surface area contributed by atoms with Gasteiger partial charge >= 0.3 is 0 Å². The van der Waals surface area contributed by atoms with E-state index < -0.39 is 0 Å². The fraction of sp³-hybridized carbons (Fsp3) is 0.500. The number of nitrogens with one attached hydrogen (secondary N) is 2. The van der Waals surface area contributed by atoms with Gasteiger partial charge in [0.15, 0.2) is 0 Å². The molecule has 0 aliphatic heterocycles. The van der Waals surface area contributed by atoms with Gasteiger partial charge in [0.25, 0.3) is 0 Å². The highest BCUT2D eigenvalue weighted by Gasteiger charge is 2.09. The van der Waals surface area contributed by atoms with Gasteiger partial charge in [-0.15, -0.1) is 0 Å². The Hall–Kier alpha value is -1.35. The molecule has 0 aliphatic rings. The molecule has 0 fully saturated rings. The molecule has 1 amide bonds. The molecule has 1 unspecified atom stereocenters. The Kier molecular flexibility index (Phi) is 5.70. The van der Waals surface area contributed by atoms with E-state index in [1.807, 2.05) is 31.3 Å². The SMILES string of the molecule is CCC(C)CC(=O)Nc1ccccc1CNC. The molecule has 0 aliphatic carbocycles. The second kappa shape index (κ2) is 7.07. The first-order chi connectivity index (χ1) is 8.17. The predicted molar refractivity (Wildman–Crippen MR) is 71.9 cm³/mol. The van der Waals surface area contributed by atoms with Gasteiger partial charge in [0.1, 0.15) is 0 Å². The van der Waals surface area contributed by atoms with E-state index in [1.54, 1.807) is 0 Å². The van der Waals surface area contributed by atoms with Gasteiger partial charge in [-0.05, 0) is 24.6 Å². The lowest BCUT2D eigenvalue weighted by molar-refractivity contribution is -0.117. The minimum atomic E-state index is 0.0999. The Morgan fingerprint density at radius 1 is 1.35 bits per heavy atom. The smallest absolute Gasteiger partial charge is 0.224 e. The monoisotopic (exact) mass is 234 g/mol. The average Bonchev–Trinajstić information content (AvgIpc) is 2.31. The second-order valence-corrected chi connectivity index (χ2v) is 4.45. The summed E-state index contributed by atoms with van der Waals surface area (Å²) in [5.74, 6) is 0.536. The van der Waals surface area contributed by atoms with Gasteiger partial charge < -0.3 is 10.6 Å². The first-order valence-electron chi connectivity index (χ1n) is 6.19. The van der Waals surface area contributed by atoms with Crippen LogP contribution in [0.2, 0.25) is 0 Å². The number of carbonyl (C=O) groups is 1. The van der Waals surface area contributed by atoms with Crippen LogP contribution in [0.15, 0.2) is 24.3 Å². The summed E-state index contributed by atoms with van der Waals surface area (Å²) >= 11 is 0. The lowest BCUT2D eigenvalue weighted by Gasteiger charge is -2.12. The van der Waals surface area contributed by atoms with Crippen molar-refractivity contribution in [1.29, 1.82) is 0 Å². The van der Waals surface area contributed by atoms with E-state index in [1.165, 1.54) is 0 Å². The fourth-order valence-electron chi connectivity index (χ4n) is 1.65. The molecule has 3 heteroatoms. The van der Waals surface area contributed by atoms with E-state index in [-0.39, 0.29) is 5.91 Å². The normalized spacial score (nSPS) is 12.2. The molecule has 0 aromatic heterocycles. The molecule has 0 saturated carbocycles. The molecule has 0 saturated heterocycles. The summed E-state index contributed by atoms with van der Waals surface area (Å²) in [6.07, 6.45) is 1.62. The average molecular weight is 234 g/mol. The predicted octanol–water partition coefficient (Wildman–Crippen LogP) is 2.78. The third-order valence-electron chi connectivity index (χ3n) is 2.89. The van der Waals surface area contributed by atoms with E-state index >= 15 is 0 Å². The van der Waals surface area contributed by atoms with Crippen LogP contribution in [0.25, 0.3) is 0 Å². The molecule has 1 atom stereocenters. The zero-order valence-corrected chi connectivity index (χ0v) is 10.9. The zero-order valence-electron chi connectivity index (χ0n) is 10.9. The van der Waals surface area contributed by atoms with Gasteiger partial charge in [-0.2, -0.15) is 0 Å². The van der Waals surface area contributed by atoms with Crippen LogP contribution in [0.3, 0.4) is 0 Å². The summed E-state index contributed by atoms with van der Waals surface area (Å²) in [6.45, 7) is 4.96. The molecule has 0 radical (unpaired) electrons. The Labute approximate surface area is 104 Å². The maximum atomic E-state index is 11.8. The molecular formula is C14H22N2O. The molecule has 17 heavy (non-hydrogen) atoms. The highest BCUT2D eigenvalue weighted by Crippen LogP contribution is 2.16. The maximum absolute atomic E-state index is 11.8. The van der Waals surface area contributed by atoms with Crippen molar-refractivity contribution in [2.45, 2.75) is 33.2 Å². The van der Waals surface area contributed by atoms with Crippen molar-refractivity contribution in [3.05, 3.63) is 29.8 Å². The molecular weight excluding hydrogens is 212 g/mol. The van der Waals surface area contributed by atoms with Crippen LogP contribution in [0.1, 0.15) is 32.3 Å². The summed E-state index contributed by atoms with van der Waals surface area (Å²) in [4.78, 5) is 11.8. The van der Waals surface area contributed by atoms with Crippen molar-refractivity contribution in [2.24, 2.45) is 5.92 Å². The third kappa shape index (κ3) is 4.57. The van der Waals surface area contributed by atoms with E-state index in [0.29, 0.717) is 12.3 Å². The van der Waals surface area contributed by atoms with Crippen LogP contribution in [-0.2, 0) is 11.3 Å². The zero-order chi connectivity index (χ0) is 12.7. The number of para-hydroxylation sites is 1. The standard InChI is InChI=1S/C14H22N2O/c1-4-11(2)9-14(17)16-13-8-6-5-7-12(13)10-15-3/h5-8,11,15H,4,9-10H2,1-3H3,(H,16,17). The minimum absolute atomic E-state index is 0.0999. The van der Waals surface area contributed by atoms with Crippen molar-refractivity contribution in [3.8, 4) is 0 Å². The van der Waals surface area contributed by atoms with E-state index in [4.69, 9.17) is 0 Å². The van der Waals surface area contributed by atoms with Crippen LogP contribution >= 0.6 is 0 Å². The molecule has 0 heterocycles. The molecule has 1 rings (SSSR count). The topological polar surface area (TPSA) is 41.1 Å². The highest BCUT2D eigenvalue weighted by molar-refractivity contribution is 5.91. The van der Waals surface area contributed by atoms with E-state index in [9.17, 15) is 4.79 Å². The first kappa shape index (κ1) is 13.7. The second-order valence-electron chi connectivity index (χ2n) is 4.45. The lowest BCUT2D eigenvalue weighted by Crippen LogP contribution is -2.17.